The number of benzene rings is 1. The molecule has 1 aromatic carbocycles. The van der Waals surface area contributed by atoms with Crippen LogP contribution in [0.25, 0.3) is 0 Å². The number of piperidine rings is 1. The van der Waals surface area contributed by atoms with Gasteiger partial charge in [-0.1, -0.05) is 6.92 Å². The van der Waals surface area contributed by atoms with Crippen LogP contribution in [0, 0.1) is 5.92 Å². The molecule has 5 heteroatoms. The molecule has 5 nitrogen and oxygen atoms in total. The van der Waals surface area contributed by atoms with Crippen LogP contribution in [0.15, 0.2) is 24.3 Å². The topological polar surface area (TPSA) is 59.0 Å². The lowest BCUT2D eigenvalue weighted by Gasteiger charge is -2.36. The van der Waals surface area contributed by atoms with Gasteiger partial charge >= 0.3 is 5.97 Å². The molecule has 116 valence electrons. The highest BCUT2D eigenvalue weighted by Crippen LogP contribution is 2.19. The third kappa shape index (κ3) is 4.44. The molecule has 2 unspecified atom stereocenters. The van der Waals surface area contributed by atoms with Crippen LogP contribution in [0.5, 0.6) is 5.75 Å². The van der Waals surface area contributed by atoms with Crippen molar-refractivity contribution in [3.63, 3.8) is 0 Å². The van der Waals surface area contributed by atoms with Gasteiger partial charge in [-0.2, -0.15) is 0 Å². The van der Waals surface area contributed by atoms with E-state index in [4.69, 9.17) is 14.6 Å². The zero-order valence-electron chi connectivity index (χ0n) is 12.6. The molecule has 0 aliphatic carbocycles. The third-order valence-corrected chi connectivity index (χ3v) is 4.05. The summed E-state index contributed by atoms with van der Waals surface area (Å²) < 4.78 is 11.2. The number of nitrogens with zero attached hydrogens (tertiary/aromatic N) is 1. The van der Waals surface area contributed by atoms with E-state index >= 15 is 0 Å². The van der Waals surface area contributed by atoms with Crippen molar-refractivity contribution in [3.05, 3.63) is 29.8 Å². The number of carboxylic acid groups (broad SMARTS) is 1. The molecule has 1 N–H and O–H groups in total. The second-order valence-electron chi connectivity index (χ2n) is 5.52. The van der Waals surface area contributed by atoms with E-state index in [1.807, 2.05) is 0 Å². The van der Waals surface area contributed by atoms with Crippen molar-refractivity contribution in [2.45, 2.75) is 19.4 Å². The van der Waals surface area contributed by atoms with Crippen molar-refractivity contribution in [2.24, 2.45) is 5.92 Å². The largest absolute Gasteiger partial charge is 0.492 e. The van der Waals surface area contributed by atoms with Crippen LogP contribution in [0.2, 0.25) is 0 Å². The van der Waals surface area contributed by atoms with E-state index in [-0.39, 0.29) is 5.56 Å². The van der Waals surface area contributed by atoms with Crippen LogP contribution < -0.4 is 4.74 Å². The number of methoxy groups -OCH3 is 1. The smallest absolute Gasteiger partial charge is 0.335 e. The molecule has 1 fully saturated rings. The summed E-state index contributed by atoms with van der Waals surface area (Å²) in [6.07, 6.45) is 1.44. The number of rotatable bonds is 6. The maximum absolute atomic E-state index is 10.8. The first-order chi connectivity index (χ1) is 10.1. The van der Waals surface area contributed by atoms with Crippen molar-refractivity contribution < 1.29 is 19.4 Å². The van der Waals surface area contributed by atoms with Gasteiger partial charge in [0.2, 0.25) is 0 Å². The van der Waals surface area contributed by atoms with Crippen LogP contribution in [-0.2, 0) is 4.74 Å². The molecule has 0 radical (unpaired) electrons. The van der Waals surface area contributed by atoms with E-state index in [1.165, 1.54) is 0 Å². The Balaban J connectivity index is 1.75. The van der Waals surface area contributed by atoms with Crippen LogP contribution >= 0.6 is 0 Å². The van der Waals surface area contributed by atoms with E-state index in [2.05, 4.69) is 11.8 Å². The average molecular weight is 293 g/mol. The summed E-state index contributed by atoms with van der Waals surface area (Å²) in [7, 11) is 1.77. The van der Waals surface area contributed by atoms with Crippen LogP contribution in [0.3, 0.4) is 0 Å². The molecule has 21 heavy (non-hydrogen) atoms. The number of hydrogen-bond donors (Lipinski definition) is 1. The van der Waals surface area contributed by atoms with Gasteiger partial charge in [0.05, 0.1) is 11.7 Å². The van der Waals surface area contributed by atoms with E-state index in [1.54, 1.807) is 31.4 Å². The number of carbonyl (C=O) groups is 1. The van der Waals surface area contributed by atoms with E-state index < -0.39 is 5.97 Å². The molecule has 1 saturated heterocycles. The van der Waals surface area contributed by atoms with Gasteiger partial charge in [0, 0.05) is 20.2 Å². The van der Waals surface area contributed by atoms with E-state index in [9.17, 15) is 4.79 Å². The molecule has 2 rings (SSSR count). The molecular formula is C16H23NO4. The molecule has 2 atom stereocenters. The first-order valence-corrected chi connectivity index (χ1v) is 7.31. The standard InChI is InChI=1S/C16H23NO4/c1-12-7-8-17(11-15(12)20-2)9-10-21-14-5-3-13(4-6-14)16(18)19/h3-6,12,15H,7-11H2,1-2H3,(H,18,19). The minimum absolute atomic E-state index is 0.273. The van der Waals surface area contributed by atoms with Crippen LogP contribution in [-0.4, -0.2) is 55.4 Å². The quantitative estimate of drug-likeness (QED) is 0.870. The summed E-state index contributed by atoms with van der Waals surface area (Å²) >= 11 is 0. The number of aromatic carboxylic acids is 1. The highest BCUT2D eigenvalue weighted by atomic mass is 16.5. The van der Waals surface area contributed by atoms with Crippen molar-refractivity contribution in [1.29, 1.82) is 0 Å². The maximum atomic E-state index is 10.8. The molecule has 1 aliphatic rings. The Bertz CT molecular complexity index is 460. The van der Waals surface area contributed by atoms with Crippen molar-refractivity contribution in [2.75, 3.05) is 33.4 Å². The lowest BCUT2D eigenvalue weighted by atomic mass is 9.96. The second kappa shape index (κ2) is 7.43. The first-order valence-electron chi connectivity index (χ1n) is 7.31. The summed E-state index contributed by atoms with van der Waals surface area (Å²) in [5, 5.41) is 8.83. The van der Waals surface area contributed by atoms with Gasteiger partial charge < -0.3 is 14.6 Å². The fraction of sp³-hybridized carbons (Fsp3) is 0.562. The number of likely N-dealkylation sites (tertiary alicyclic amines) is 1. The number of carboxylic acids is 1. The van der Waals surface area contributed by atoms with Gasteiger partial charge in [0.1, 0.15) is 12.4 Å². The van der Waals surface area contributed by atoms with Crippen molar-refractivity contribution >= 4 is 5.97 Å². The van der Waals surface area contributed by atoms with Gasteiger partial charge in [0.25, 0.3) is 0 Å². The van der Waals surface area contributed by atoms with Gasteiger partial charge in [-0.3, -0.25) is 4.90 Å². The highest BCUT2D eigenvalue weighted by Gasteiger charge is 2.25. The Hall–Kier alpha value is -1.59. The molecule has 0 spiro atoms. The minimum Gasteiger partial charge on any atom is -0.492 e. The molecule has 0 amide bonds. The van der Waals surface area contributed by atoms with Crippen LogP contribution in [0.4, 0.5) is 0 Å². The Morgan fingerprint density at radius 3 is 2.71 bits per heavy atom. The van der Waals surface area contributed by atoms with Crippen molar-refractivity contribution in [3.8, 4) is 5.75 Å². The van der Waals surface area contributed by atoms with Crippen LogP contribution in [0.1, 0.15) is 23.7 Å². The molecule has 1 heterocycles. The third-order valence-electron chi connectivity index (χ3n) is 4.05. The Labute approximate surface area is 125 Å². The van der Waals surface area contributed by atoms with E-state index in [0.29, 0.717) is 24.4 Å². The van der Waals surface area contributed by atoms with Gasteiger partial charge in [0.15, 0.2) is 0 Å². The molecular weight excluding hydrogens is 270 g/mol. The van der Waals surface area contributed by atoms with Gasteiger partial charge in [-0.15, -0.1) is 0 Å². The Morgan fingerprint density at radius 2 is 2.10 bits per heavy atom. The lowest BCUT2D eigenvalue weighted by molar-refractivity contribution is -0.00788. The molecule has 1 aromatic rings. The average Bonchev–Trinajstić information content (AvgIpc) is 2.49. The van der Waals surface area contributed by atoms with Gasteiger partial charge in [-0.05, 0) is 43.1 Å². The summed E-state index contributed by atoms with van der Waals surface area (Å²) in [6, 6.07) is 6.50. The van der Waals surface area contributed by atoms with Crippen molar-refractivity contribution in [1.82, 2.24) is 4.90 Å². The Kier molecular flexibility index (Phi) is 5.59. The van der Waals surface area contributed by atoms with E-state index in [0.717, 1.165) is 26.1 Å². The molecule has 0 bridgehead atoms. The summed E-state index contributed by atoms with van der Waals surface area (Å²) in [6.45, 7) is 5.69. The fourth-order valence-electron chi connectivity index (χ4n) is 2.59. The monoisotopic (exact) mass is 293 g/mol. The fourth-order valence-corrected chi connectivity index (χ4v) is 2.59. The predicted molar refractivity (Wildman–Crippen MR) is 79.9 cm³/mol. The summed E-state index contributed by atoms with van der Waals surface area (Å²) in [5.74, 6) is 0.388. The van der Waals surface area contributed by atoms with Gasteiger partial charge in [-0.25, -0.2) is 4.79 Å². The SMILES string of the molecule is COC1CN(CCOc2ccc(C(=O)O)cc2)CCC1C. The second-order valence-corrected chi connectivity index (χ2v) is 5.52. The molecule has 0 aromatic heterocycles. The summed E-state index contributed by atoms with van der Waals surface area (Å²) in [5.41, 5.74) is 0.273. The highest BCUT2D eigenvalue weighted by molar-refractivity contribution is 5.87. The predicted octanol–water partition coefficient (Wildman–Crippen LogP) is 2.12. The molecule has 0 saturated carbocycles. The lowest BCUT2D eigenvalue weighted by Crippen LogP contribution is -2.45. The zero-order valence-corrected chi connectivity index (χ0v) is 12.6. The minimum atomic E-state index is -0.922. The molecule has 1 aliphatic heterocycles. The number of ether oxygens (including phenoxy) is 2. The normalized spacial score (nSPS) is 23.0. The maximum Gasteiger partial charge on any atom is 0.335 e. The summed E-state index contributed by atoms with van der Waals surface area (Å²) in [4.78, 5) is 13.1. The zero-order chi connectivity index (χ0) is 15.2. The number of hydrogen-bond acceptors (Lipinski definition) is 4. The Morgan fingerprint density at radius 1 is 1.38 bits per heavy atom. The first kappa shape index (κ1) is 15.8.